The van der Waals surface area contributed by atoms with Gasteiger partial charge in [0.25, 0.3) is 0 Å². The predicted octanol–water partition coefficient (Wildman–Crippen LogP) is 3.39. The van der Waals surface area contributed by atoms with Gasteiger partial charge in [-0.15, -0.1) is 0 Å². The number of carbonyl (C=O) groups excluding carboxylic acids is 1. The van der Waals surface area contributed by atoms with Crippen molar-refractivity contribution >= 4 is 23.2 Å². The second-order valence-corrected chi connectivity index (χ2v) is 6.56. The Balaban J connectivity index is 1.48. The zero-order valence-corrected chi connectivity index (χ0v) is 15.3. The number of hydrogen-bond acceptors (Lipinski definition) is 5. The molecule has 1 aliphatic rings. The molecule has 0 aliphatic carbocycles. The number of ether oxygens (including phenoxy) is 2. The second kappa shape index (κ2) is 7.28. The van der Waals surface area contributed by atoms with Crippen molar-refractivity contribution < 1.29 is 14.3 Å². The summed E-state index contributed by atoms with van der Waals surface area (Å²) in [6.07, 6.45) is 0.167. The molecule has 0 saturated carbocycles. The quantitative estimate of drug-likeness (QED) is 0.719. The first-order valence-electron chi connectivity index (χ1n) is 8.46. The van der Waals surface area contributed by atoms with Crippen molar-refractivity contribution in [3.05, 3.63) is 52.8 Å². The first-order chi connectivity index (χ1) is 13.1. The number of anilines is 1. The summed E-state index contributed by atoms with van der Waals surface area (Å²) < 4.78 is 11.0. The van der Waals surface area contributed by atoms with Crippen molar-refractivity contribution in [1.82, 2.24) is 15.2 Å². The molecule has 0 fully saturated rings. The van der Waals surface area contributed by atoms with Crippen LogP contribution in [0.5, 0.6) is 11.5 Å². The average molecular weight is 385 g/mol. The fourth-order valence-corrected chi connectivity index (χ4v) is 3.15. The Bertz CT molecular complexity index is 1000. The maximum absolute atomic E-state index is 12.4. The third kappa shape index (κ3) is 3.88. The van der Waals surface area contributed by atoms with Gasteiger partial charge in [0.2, 0.25) is 5.91 Å². The van der Waals surface area contributed by atoms with Crippen LogP contribution in [0.2, 0.25) is 5.02 Å². The van der Waals surface area contributed by atoms with Crippen LogP contribution in [-0.4, -0.2) is 34.3 Å². The van der Waals surface area contributed by atoms with Crippen molar-refractivity contribution in [2.45, 2.75) is 13.3 Å². The van der Waals surface area contributed by atoms with E-state index in [1.165, 1.54) is 0 Å². The minimum atomic E-state index is -0.161. The molecule has 8 heteroatoms. The van der Waals surface area contributed by atoms with Crippen LogP contribution in [-0.2, 0) is 11.2 Å². The highest BCUT2D eigenvalue weighted by Crippen LogP contribution is 2.38. The molecule has 0 bridgehead atoms. The van der Waals surface area contributed by atoms with E-state index in [1.54, 1.807) is 12.1 Å². The summed E-state index contributed by atoms with van der Waals surface area (Å²) in [4.78, 5) is 16.7. The van der Waals surface area contributed by atoms with Crippen molar-refractivity contribution in [2.24, 2.45) is 0 Å². The number of rotatable bonds is 4. The van der Waals surface area contributed by atoms with Crippen LogP contribution in [0.15, 0.2) is 36.4 Å². The number of aromatic amines is 1. The lowest BCUT2D eigenvalue weighted by molar-refractivity contribution is -0.115. The molecule has 2 heterocycles. The molecule has 27 heavy (non-hydrogen) atoms. The van der Waals surface area contributed by atoms with Gasteiger partial charge in [-0.05, 0) is 36.8 Å². The van der Waals surface area contributed by atoms with Crippen LogP contribution >= 0.6 is 11.6 Å². The molecule has 4 rings (SSSR count). The number of aryl methyl sites for hydroxylation is 1. The second-order valence-electron chi connectivity index (χ2n) is 6.15. The number of fused-ring (bicyclic) bond motifs is 1. The Morgan fingerprint density at radius 2 is 2.11 bits per heavy atom. The predicted molar refractivity (Wildman–Crippen MR) is 101 cm³/mol. The number of aromatic nitrogens is 3. The molecule has 0 saturated heterocycles. The number of amides is 1. The van der Waals surface area contributed by atoms with E-state index in [2.05, 4.69) is 20.5 Å². The lowest BCUT2D eigenvalue weighted by atomic mass is 10.1. The number of nitrogens with zero attached hydrogens (tertiary/aromatic N) is 2. The largest absolute Gasteiger partial charge is 0.486 e. The van der Waals surface area contributed by atoms with E-state index in [4.69, 9.17) is 21.1 Å². The third-order valence-corrected chi connectivity index (χ3v) is 4.30. The van der Waals surface area contributed by atoms with Crippen LogP contribution in [0.4, 0.5) is 5.69 Å². The highest BCUT2D eigenvalue weighted by molar-refractivity contribution is 6.32. The normalized spacial score (nSPS) is 12.7. The molecule has 1 amide bonds. The van der Waals surface area contributed by atoms with E-state index in [0.717, 1.165) is 17.0 Å². The molecule has 2 N–H and O–H groups in total. The van der Waals surface area contributed by atoms with E-state index in [-0.39, 0.29) is 12.3 Å². The summed E-state index contributed by atoms with van der Waals surface area (Å²) in [5.74, 6) is 2.25. The highest BCUT2D eigenvalue weighted by Gasteiger charge is 2.18. The summed E-state index contributed by atoms with van der Waals surface area (Å²) in [6, 6.07) is 10.9. The van der Waals surface area contributed by atoms with Crippen LogP contribution < -0.4 is 14.8 Å². The molecule has 0 spiro atoms. The number of benzene rings is 2. The summed E-state index contributed by atoms with van der Waals surface area (Å²) in [6.45, 7) is 2.76. The summed E-state index contributed by atoms with van der Waals surface area (Å²) in [7, 11) is 0. The van der Waals surface area contributed by atoms with Gasteiger partial charge in [-0.25, -0.2) is 4.98 Å². The van der Waals surface area contributed by atoms with Crippen molar-refractivity contribution in [2.75, 3.05) is 18.5 Å². The zero-order valence-electron chi connectivity index (χ0n) is 14.6. The fourth-order valence-electron chi connectivity index (χ4n) is 2.86. The minimum Gasteiger partial charge on any atom is -0.486 e. The molecule has 0 atom stereocenters. The van der Waals surface area contributed by atoms with Crippen LogP contribution in [0, 0.1) is 6.92 Å². The van der Waals surface area contributed by atoms with E-state index < -0.39 is 0 Å². The van der Waals surface area contributed by atoms with Crippen LogP contribution in [0.1, 0.15) is 11.4 Å². The SMILES string of the molecule is Cc1nc(-c2cccc(NC(=O)Cc3cc(Cl)c4c(c3)OCCO4)c2)n[nH]1. The molecule has 2 aromatic carbocycles. The third-order valence-electron chi connectivity index (χ3n) is 4.02. The lowest BCUT2D eigenvalue weighted by Crippen LogP contribution is -2.17. The average Bonchev–Trinajstić information content (AvgIpc) is 3.08. The molecule has 1 aromatic heterocycles. The van der Waals surface area contributed by atoms with Gasteiger partial charge in [-0.2, -0.15) is 5.10 Å². The number of carbonyl (C=O) groups is 1. The van der Waals surface area contributed by atoms with Gasteiger partial charge < -0.3 is 14.8 Å². The van der Waals surface area contributed by atoms with Crippen molar-refractivity contribution in [3.8, 4) is 22.9 Å². The molecular formula is C19H17ClN4O3. The molecule has 3 aromatic rings. The zero-order chi connectivity index (χ0) is 18.8. The molecular weight excluding hydrogens is 368 g/mol. The van der Waals surface area contributed by atoms with Gasteiger partial charge in [0.05, 0.1) is 11.4 Å². The fraction of sp³-hybridized carbons (Fsp3) is 0.211. The van der Waals surface area contributed by atoms with Gasteiger partial charge in [0.15, 0.2) is 17.3 Å². The standard InChI is InChI=1S/C19H17ClN4O3/c1-11-21-19(24-23-11)13-3-2-4-14(10-13)22-17(25)9-12-7-15(20)18-16(8-12)26-5-6-27-18/h2-4,7-8,10H,5-6,9H2,1H3,(H,22,25)(H,21,23,24). The molecule has 138 valence electrons. The maximum Gasteiger partial charge on any atom is 0.228 e. The Kier molecular flexibility index (Phi) is 4.68. The van der Waals surface area contributed by atoms with E-state index in [0.29, 0.717) is 41.2 Å². The van der Waals surface area contributed by atoms with Crippen LogP contribution in [0.25, 0.3) is 11.4 Å². The summed E-state index contributed by atoms with van der Waals surface area (Å²) in [5, 5.41) is 10.3. The number of nitrogens with one attached hydrogen (secondary N) is 2. The van der Waals surface area contributed by atoms with E-state index in [1.807, 2.05) is 31.2 Å². The van der Waals surface area contributed by atoms with Gasteiger partial charge in [0.1, 0.15) is 19.0 Å². The minimum absolute atomic E-state index is 0.161. The summed E-state index contributed by atoms with van der Waals surface area (Å²) in [5.41, 5.74) is 2.24. The first-order valence-corrected chi connectivity index (χ1v) is 8.83. The topological polar surface area (TPSA) is 89.1 Å². The number of H-pyrrole nitrogens is 1. The van der Waals surface area contributed by atoms with Gasteiger partial charge in [0, 0.05) is 11.3 Å². The Morgan fingerprint density at radius 3 is 2.93 bits per heavy atom. The van der Waals surface area contributed by atoms with Crippen LogP contribution in [0.3, 0.4) is 0 Å². The molecule has 0 radical (unpaired) electrons. The van der Waals surface area contributed by atoms with Gasteiger partial charge in [-0.3, -0.25) is 9.89 Å². The maximum atomic E-state index is 12.4. The Hall–Kier alpha value is -3.06. The molecule has 0 unspecified atom stereocenters. The lowest BCUT2D eigenvalue weighted by Gasteiger charge is -2.20. The van der Waals surface area contributed by atoms with E-state index in [9.17, 15) is 4.79 Å². The monoisotopic (exact) mass is 384 g/mol. The Labute approximate surface area is 160 Å². The molecule has 7 nitrogen and oxygen atoms in total. The first kappa shape index (κ1) is 17.4. The van der Waals surface area contributed by atoms with Crippen molar-refractivity contribution in [1.29, 1.82) is 0 Å². The summed E-state index contributed by atoms with van der Waals surface area (Å²) >= 11 is 6.23. The van der Waals surface area contributed by atoms with E-state index >= 15 is 0 Å². The van der Waals surface area contributed by atoms with Gasteiger partial charge in [-0.1, -0.05) is 23.7 Å². The smallest absolute Gasteiger partial charge is 0.228 e. The van der Waals surface area contributed by atoms with Crippen molar-refractivity contribution in [3.63, 3.8) is 0 Å². The number of halogens is 1. The van der Waals surface area contributed by atoms with Gasteiger partial charge >= 0.3 is 0 Å². The highest BCUT2D eigenvalue weighted by atomic mass is 35.5. The Morgan fingerprint density at radius 1 is 1.26 bits per heavy atom. The number of hydrogen-bond donors (Lipinski definition) is 2. The molecule has 1 aliphatic heterocycles.